The first kappa shape index (κ1) is 12.8. The lowest BCUT2D eigenvalue weighted by Crippen LogP contribution is -2.26. The highest BCUT2D eigenvalue weighted by Gasteiger charge is 2.31. The van der Waals surface area contributed by atoms with Crippen LogP contribution in [0.15, 0.2) is 23.1 Å². The minimum Gasteiger partial charge on any atom is -0.391 e. The van der Waals surface area contributed by atoms with Crippen LogP contribution in [0.2, 0.25) is 0 Å². The number of nitrogens with zero attached hydrogens (tertiary/aromatic N) is 1. The summed E-state index contributed by atoms with van der Waals surface area (Å²) < 4.78 is 37.9. The lowest BCUT2D eigenvalue weighted by Gasteiger charge is -2.13. The summed E-state index contributed by atoms with van der Waals surface area (Å²) in [5.74, 6) is 0. The summed E-state index contributed by atoms with van der Waals surface area (Å²) in [6, 6.07) is 1.59. The van der Waals surface area contributed by atoms with Gasteiger partial charge in [0.05, 0.1) is 18.2 Å². The van der Waals surface area contributed by atoms with Crippen molar-refractivity contribution < 1.29 is 18.3 Å². The van der Waals surface area contributed by atoms with E-state index in [2.05, 4.69) is 0 Å². The molecule has 0 saturated heterocycles. The van der Waals surface area contributed by atoms with Crippen LogP contribution in [0.3, 0.4) is 0 Å². The second-order valence-corrected chi connectivity index (χ2v) is 3.47. The second kappa shape index (κ2) is 4.69. The summed E-state index contributed by atoms with van der Waals surface area (Å²) in [6.45, 7) is 1.56. The first-order chi connectivity index (χ1) is 7.34. The van der Waals surface area contributed by atoms with Crippen molar-refractivity contribution in [2.45, 2.75) is 32.2 Å². The second-order valence-electron chi connectivity index (χ2n) is 3.47. The smallest absolute Gasteiger partial charge is 0.391 e. The fourth-order valence-corrected chi connectivity index (χ4v) is 1.20. The Labute approximate surface area is 90.1 Å². The SMILES string of the molecule is CCC(O)Cn1cc(C(F)(F)F)ccc1=O. The number of hydrogen-bond donors (Lipinski definition) is 1. The van der Waals surface area contributed by atoms with E-state index in [1.807, 2.05) is 0 Å². The predicted molar refractivity (Wildman–Crippen MR) is 52.0 cm³/mol. The molecule has 0 aromatic carbocycles. The molecule has 1 unspecified atom stereocenters. The van der Waals surface area contributed by atoms with Crippen LogP contribution in [-0.4, -0.2) is 15.8 Å². The number of hydrogen-bond acceptors (Lipinski definition) is 2. The molecule has 0 spiro atoms. The van der Waals surface area contributed by atoms with Crippen molar-refractivity contribution in [3.8, 4) is 0 Å². The lowest BCUT2D eigenvalue weighted by molar-refractivity contribution is -0.138. The third kappa shape index (κ3) is 3.10. The molecule has 1 heterocycles. The number of aromatic nitrogens is 1. The maximum Gasteiger partial charge on any atom is 0.417 e. The number of aliphatic hydroxyl groups excluding tert-OH is 1. The molecule has 1 aromatic heterocycles. The van der Waals surface area contributed by atoms with Crippen molar-refractivity contribution in [3.05, 3.63) is 34.2 Å². The third-order valence-corrected chi connectivity index (χ3v) is 2.19. The normalized spacial score (nSPS) is 13.8. The molecule has 0 aliphatic carbocycles. The monoisotopic (exact) mass is 235 g/mol. The van der Waals surface area contributed by atoms with E-state index >= 15 is 0 Å². The fourth-order valence-electron chi connectivity index (χ4n) is 1.20. The molecule has 0 fully saturated rings. The van der Waals surface area contributed by atoms with Crippen LogP contribution in [0, 0.1) is 0 Å². The summed E-state index contributed by atoms with van der Waals surface area (Å²) in [5, 5.41) is 9.29. The van der Waals surface area contributed by atoms with Crippen molar-refractivity contribution in [2.24, 2.45) is 0 Å². The Balaban J connectivity index is 3.05. The average Bonchev–Trinajstić information content (AvgIpc) is 2.19. The summed E-state index contributed by atoms with van der Waals surface area (Å²) in [4.78, 5) is 11.2. The predicted octanol–water partition coefficient (Wildman–Crippen LogP) is 1.64. The molecule has 1 rings (SSSR count). The van der Waals surface area contributed by atoms with E-state index in [1.54, 1.807) is 6.92 Å². The molecule has 0 saturated carbocycles. The molecular weight excluding hydrogens is 223 g/mol. The largest absolute Gasteiger partial charge is 0.417 e. The molecule has 3 nitrogen and oxygen atoms in total. The van der Waals surface area contributed by atoms with E-state index in [9.17, 15) is 23.1 Å². The van der Waals surface area contributed by atoms with Crippen LogP contribution in [0.1, 0.15) is 18.9 Å². The summed E-state index contributed by atoms with van der Waals surface area (Å²) in [7, 11) is 0. The molecule has 1 atom stereocenters. The first-order valence-electron chi connectivity index (χ1n) is 4.80. The Morgan fingerprint density at radius 3 is 2.56 bits per heavy atom. The Bertz CT molecular complexity index is 411. The quantitative estimate of drug-likeness (QED) is 0.865. The zero-order chi connectivity index (χ0) is 12.3. The van der Waals surface area contributed by atoms with Gasteiger partial charge in [-0.2, -0.15) is 13.2 Å². The van der Waals surface area contributed by atoms with Crippen LogP contribution < -0.4 is 5.56 Å². The highest BCUT2D eigenvalue weighted by molar-refractivity contribution is 5.13. The van der Waals surface area contributed by atoms with E-state index in [0.717, 1.165) is 22.9 Å². The molecule has 0 amide bonds. The van der Waals surface area contributed by atoms with Gasteiger partial charge >= 0.3 is 6.18 Å². The van der Waals surface area contributed by atoms with Gasteiger partial charge < -0.3 is 9.67 Å². The summed E-state index contributed by atoms with van der Waals surface area (Å²) in [5.41, 5.74) is -1.45. The van der Waals surface area contributed by atoms with Gasteiger partial charge in [-0.15, -0.1) is 0 Å². The summed E-state index contributed by atoms with van der Waals surface area (Å²) in [6.07, 6.45) is -4.20. The van der Waals surface area contributed by atoms with Crippen LogP contribution in [0.25, 0.3) is 0 Å². The van der Waals surface area contributed by atoms with Crippen LogP contribution in [-0.2, 0) is 12.7 Å². The van der Waals surface area contributed by atoms with E-state index in [4.69, 9.17) is 0 Å². The Morgan fingerprint density at radius 1 is 1.44 bits per heavy atom. The Morgan fingerprint density at radius 2 is 2.06 bits per heavy atom. The average molecular weight is 235 g/mol. The van der Waals surface area contributed by atoms with Crippen molar-refractivity contribution in [2.75, 3.05) is 0 Å². The number of rotatable bonds is 3. The number of aliphatic hydroxyl groups is 1. The maximum absolute atomic E-state index is 12.3. The van der Waals surface area contributed by atoms with Crippen LogP contribution >= 0.6 is 0 Å². The van der Waals surface area contributed by atoms with Crippen molar-refractivity contribution in [1.82, 2.24) is 4.57 Å². The molecule has 16 heavy (non-hydrogen) atoms. The van der Waals surface area contributed by atoms with E-state index in [1.165, 1.54) is 0 Å². The van der Waals surface area contributed by atoms with Gasteiger partial charge in [-0.3, -0.25) is 4.79 Å². The zero-order valence-electron chi connectivity index (χ0n) is 8.66. The van der Waals surface area contributed by atoms with Gasteiger partial charge in [-0.25, -0.2) is 0 Å². The molecule has 0 aliphatic heterocycles. The zero-order valence-corrected chi connectivity index (χ0v) is 8.66. The molecule has 6 heteroatoms. The van der Waals surface area contributed by atoms with Gasteiger partial charge in [0.1, 0.15) is 0 Å². The van der Waals surface area contributed by atoms with E-state index in [-0.39, 0.29) is 6.54 Å². The van der Waals surface area contributed by atoms with Gasteiger partial charge in [-0.05, 0) is 12.5 Å². The summed E-state index contributed by atoms with van der Waals surface area (Å²) >= 11 is 0. The Kier molecular flexibility index (Phi) is 3.74. The third-order valence-electron chi connectivity index (χ3n) is 2.19. The van der Waals surface area contributed by atoms with Gasteiger partial charge in [-0.1, -0.05) is 6.92 Å². The molecule has 90 valence electrons. The molecule has 0 bridgehead atoms. The molecule has 1 N–H and O–H groups in total. The number of pyridine rings is 1. The van der Waals surface area contributed by atoms with Gasteiger partial charge in [0, 0.05) is 12.3 Å². The van der Waals surface area contributed by atoms with Crippen molar-refractivity contribution in [3.63, 3.8) is 0 Å². The molecule has 1 aromatic rings. The number of halogens is 3. The highest BCUT2D eigenvalue weighted by Crippen LogP contribution is 2.27. The van der Waals surface area contributed by atoms with Crippen molar-refractivity contribution >= 4 is 0 Å². The highest BCUT2D eigenvalue weighted by atomic mass is 19.4. The lowest BCUT2D eigenvalue weighted by atomic mass is 10.2. The van der Waals surface area contributed by atoms with Gasteiger partial charge in [0.25, 0.3) is 5.56 Å². The van der Waals surface area contributed by atoms with E-state index in [0.29, 0.717) is 6.42 Å². The first-order valence-corrected chi connectivity index (χ1v) is 4.80. The van der Waals surface area contributed by atoms with Crippen LogP contribution in [0.4, 0.5) is 13.2 Å². The molecular formula is C10H12F3NO2. The minimum atomic E-state index is -4.48. The van der Waals surface area contributed by atoms with Crippen molar-refractivity contribution in [1.29, 1.82) is 0 Å². The Hall–Kier alpha value is -1.30. The standard InChI is InChI=1S/C10H12F3NO2/c1-2-8(15)6-14-5-7(10(11,12)13)3-4-9(14)16/h3-5,8,15H,2,6H2,1H3. The molecule has 0 aliphatic rings. The van der Waals surface area contributed by atoms with Gasteiger partial charge in [0.2, 0.25) is 0 Å². The maximum atomic E-state index is 12.3. The molecule has 0 radical (unpaired) electrons. The minimum absolute atomic E-state index is 0.126. The fraction of sp³-hybridized carbons (Fsp3) is 0.500. The van der Waals surface area contributed by atoms with Crippen LogP contribution in [0.5, 0.6) is 0 Å². The van der Waals surface area contributed by atoms with E-state index < -0.39 is 23.4 Å². The number of alkyl halides is 3. The van der Waals surface area contributed by atoms with Gasteiger partial charge in [0.15, 0.2) is 0 Å². The topological polar surface area (TPSA) is 42.2 Å².